The van der Waals surface area contributed by atoms with Gasteiger partial charge in [-0.3, -0.25) is 4.79 Å². The SMILES string of the molecule is CC(C)CNC(=O)Cn1c(=S)[nH]c2ccc(F)c(F)c21. The molecule has 0 fully saturated rings. The lowest BCUT2D eigenvalue weighted by atomic mass is 10.2. The number of nitrogens with zero attached hydrogens (tertiary/aromatic N) is 1. The highest BCUT2D eigenvalue weighted by Gasteiger charge is 2.15. The number of carbonyl (C=O) groups excluding carboxylic acids is 1. The number of imidazole rings is 1. The first kappa shape index (κ1) is 14.6. The van der Waals surface area contributed by atoms with Gasteiger partial charge in [-0.2, -0.15) is 0 Å². The maximum absolute atomic E-state index is 13.8. The van der Waals surface area contributed by atoms with E-state index < -0.39 is 11.6 Å². The summed E-state index contributed by atoms with van der Waals surface area (Å²) in [4.78, 5) is 14.6. The molecule has 1 heterocycles. The number of hydrogen-bond acceptors (Lipinski definition) is 2. The summed E-state index contributed by atoms with van der Waals surface area (Å²) in [6, 6.07) is 2.41. The minimum absolute atomic E-state index is 0.0188. The Morgan fingerprint density at radius 1 is 1.45 bits per heavy atom. The van der Waals surface area contributed by atoms with Crippen molar-refractivity contribution in [2.45, 2.75) is 20.4 Å². The number of benzene rings is 1. The van der Waals surface area contributed by atoms with Gasteiger partial charge in [0, 0.05) is 6.54 Å². The predicted molar refractivity (Wildman–Crippen MR) is 74.9 cm³/mol. The standard InChI is InChI=1S/C13H15F2N3OS/c1-7(2)5-16-10(19)6-18-12-9(17-13(18)20)4-3-8(14)11(12)15/h3-4,7H,5-6H2,1-2H3,(H,16,19)(H,17,20). The summed E-state index contributed by atoms with van der Waals surface area (Å²) >= 11 is 5.05. The molecule has 4 nitrogen and oxygen atoms in total. The molecule has 0 spiro atoms. The Morgan fingerprint density at radius 3 is 2.80 bits per heavy atom. The average molecular weight is 299 g/mol. The molecule has 0 aliphatic rings. The van der Waals surface area contributed by atoms with Gasteiger partial charge in [-0.1, -0.05) is 13.8 Å². The minimum atomic E-state index is -1.01. The van der Waals surface area contributed by atoms with E-state index in [0.717, 1.165) is 6.07 Å². The first-order chi connectivity index (χ1) is 9.40. The normalized spacial score (nSPS) is 11.2. The van der Waals surface area contributed by atoms with Crippen molar-refractivity contribution in [3.05, 3.63) is 28.5 Å². The summed E-state index contributed by atoms with van der Waals surface area (Å²) in [6.45, 7) is 4.30. The molecule has 2 aromatic rings. The largest absolute Gasteiger partial charge is 0.354 e. The van der Waals surface area contributed by atoms with Gasteiger partial charge < -0.3 is 14.9 Å². The van der Waals surface area contributed by atoms with Crippen LogP contribution in [0.3, 0.4) is 0 Å². The lowest BCUT2D eigenvalue weighted by molar-refractivity contribution is -0.121. The lowest BCUT2D eigenvalue weighted by Gasteiger charge is -2.09. The number of fused-ring (bicyclic) bond motifs is 1. The van der Waals surface area contributed by atoms with Crippen LogP contribution in [0.25, 0.3) is 11.0 Å². The zero-order chi connectivity index (χ0) is 14.9. The summed E-state index contributed by atoms with van der Waals surface area (Å²) in [5, 5.41) is 2.71. The molecule has 0 unspecified atom stereocenters. The summed E-state index contributed by atoms with van der Waals surface area (Å²) < 4.78 is 28.6. The predicted octanol–water partition coefficient (Wildman–Crippen LogP) is 2.75. The molecule has 7 heteroatoms. The number of amides is 1. The molecule has 108 valence electrons. The van der Waals surface area contributed by atoms with Crippen LogP contribution < -0.4 is 5.32 Å². The molecule has 0 saturated heterocycles. The maximum atomic E-state index is 13.8. The Kier molecular flexibility index (Phi) is 4.17. The zero-order valence-electron chi connectivity index (χ0n) is 11.2. The Labute approximate surface area is 119 Å². The molecule has 0 saturated carbocycles. The van der Waals surface area contributed by atoms with E-state index in [4.69, 9.17) is 12.2 Å². The molecule has 0 aliphatic heterocycles. The fourth-order valence-corrected chi connectivity index (χ4v) is 2.12. The highest BCUT2D eigenvalue weighted by Crippen LogP contribution is 2.20. The van der Waals surface area contributed by atoms with Crippen molar-refractivity contribution >= 4 is 29.2 Å². The van der Waals surface area contributed by atoms with Crippen LogP contribution in [0.2, 0.25) is 0 Å². The van der Waals surface area contributed by atoms with E-state index in [-0.39, 0.29) is 22.7 Å². The second-order valence-electron chi connectivity index (χ2n) is 4.97. The van der Waals surface area contributed by atoms with Gasteiger partial charge in [-0.15, -0.1) is 0 Å². The van der Waals surface area contributed by atoms with Crippen LogP contribution >= 0.6 is 12.2 Å². The number of hydrogen-bond donors (Lipinski definition) is 2. The fourth-order valence-electron chi connectivity index (χ4n) is 1.86. The number of aromatic nitrogens is 2. The van der Waals surface area contributed by atoms with Crippen molar-refractivity contribution in [2.24, 2.45) is 5.92 Å². The highest BCUT2D eigenvalue weighted by molar-refractivity contribution is 7.71. The van der Waals surface area contributed by atoms with Gasteiger partial charge in [0.15, 0.2) is 16.4 Å². The third-order valence-electron chi connectivity index (χ3n) is 2.83. The maximum Gasteiger partial charge on any atom is 0.240 e. The third kappa shape index (κ3) is 2.87. The lowest BCUT2D eigenvalue weighted by Crippen LogP contribution is -2.30. The van der Waals surface area contributed by atoms with Crippen LogP contribution in [0, 0.1) is 22.3 Å². The molecular formula is C13H15F2N3OS. The molecule has 20 heavy (non-hydrogen) atoms. The highest BCUT2D eigenvalue weighted by atomic mass is 32.1. The van der Waals surface area contributed by atoms with Crippen LogP contribution in [0.1, 0.15) is 13.8 Å². The van der Waals surface area contributed by atoms with Gasteiger partial charge in [0.1, 0.15) is 12.1 Å². The van der Waals surface area contributed by atoms with Crippen molar-refractivity contribution in [1.82, 2.24) is 14.9 Å². The van der Waals surface area contributed by atoms with E-state index >= 15 is 0 Å². The van der Waals surface area contributed by atoms with Crippen molar-refractivity contribution in [3.8, 4) is 0 Å². The number of halogens is 2. The van der Waals surface area contributed by atoms with E-state index in [1.54, 1.807) is 0 Å². The fraction of sp³-hybridized carbons (Fsp3) is 0.385. The molecule has 0 radical (unpaired) electrons. The topological polar surface area (TPSA) is 49.8 Å². The molecule has 0 bridgehead atoms. The van der Waals surface area contributed by atoms with E-state index in [2.05, 4.69) is 10.3 Å². The van der Waals surface area contributed by atoms with Crippen LogP contribution in [-0.4, -0.2) is 22.0 Å². The minimum Gasteiger partial charge on any atom is -0.354 e. The van der Waals surface area contributed by atoms with E-state index in [0.29, 0.717) is 18.0 Å². The average Bonchev–Trinajstić information content (AvgIpc) is 2.69. The Hall–Kier alpha value is -1.76. The number of rotatable bonds is 4. The quantitative estimate of drug-likeness (QED) is 0.853. The van der Waals surface area contributed by atoms with E-state index in [1.807, 2.05) is 13.8 Å². The van der Waals surface area contributed by atoms with Gasteiger partial charge in [-0.05, 0) is 30.3 Å². The Morgan fingerprint density at radius 2 is 2.15 bits per heavy atom. The van der Waals surface area contributed by atoms with Crippen LogP contribution in [0.15, 0.2) is 12.1 Å². The third-order valence-corrected chi connectivity index (χ3v) is 3.16. The zero-order valence-corrected chi connectivity index (χ0v) is 12.0. The molecule has 2 rings (SSSR count). The summed E-state index contributed by atoms with van der Waals surface area (Å²) in [5.74, 6) is -1.96. The van der Waals surface area contributed by atoms with Gasteiger partial charge in [0.25, 0.3) is 0 Å². The number of carbonyl (C=O) groups is 1. The molecule has 0 aliphatic carbocycles. The molecule has 1 aromatic heterocycles. The molecular weight excluding hydrogens is 284 g/mol. The molecule has 1 amide bonds. The Bertz CT molecular complexity index is 705. The summed E-state index contributed by atoms with van der Waals surface area (Å²) in [7, 11) is 0. The van der Waals surface area contributed by atoms with Crippen molar-refractivity contribution in [1.29, 1.82) is 0 Å². The van der Waals surface area contributed by atoms with E-state index in [1.165, 1.54) is 10.6 Å². The Balaban J connectivity index is 2.34. The summed E-state index contributed by atoms with van der Waals surface area (Å²) in [6.07, 6.45) is 0. The van der Waals surface area contributed by atoms with Crippen molar-refractivity contribution in [3.63, 3.8) is 0 Å². The monoisotopic (exact) mass is 299 g/mol. The van der Waals surface area contributed by atoms with Gasteiger partial charge in [-0.25, -0.2) is 8.78 Å². The molecule has 2 N–H and O–H groups in total. The van der Waals surface area contributed by atoms with Gasteiger partial charge in [0.2, 0.25) is 5.91 Å². The van der Waals surface area contributed by atoms with Gasteiger partial charge in [0.05, 0.1) is 5.52 Å². The van der Waals surface area contributed by atoms with Crippen molar-refractivity contribution in [2.75, 3.05) is 6.54 Å². The van der Waals surface area contributed by atoms with E-state index in [9.17, 15) is 13.6 Å². The molecule has 0 atom stereocenters. The van der Waals surface area contributed by atoms with Crippen molar-refractivity contribution < 1.29 is 13.6 Å². The van der Waals surface area contributed by atoms with Crippen LogP contribution in [0.4, 0.5) is 8.78 Å². The number of aromatic amines is 1. The first-order valence-electron chi connectivity index (χ1n) is 6.23. The van der Waals surface area contributed by atoms with Crippen LogP contribution in [-0.2, 0) is 11.3 Å². The second kappa shape index (κ2) is 5.70. The second-order valence-corrected chi connectivity index (χ2v) is 5.36. The smallest absolute Gasteiger partial charge is 0.240 e. The van der Waals surface area contributed by atoms with Gasteiger partial charge >= 0.3 is 0 Å². The number of nitrogens with one attached hydrogen (secondary N) is 2. The number of H-pyrrole nitrogens is 1. The van der Waals surface area contributed by atoms with Crippen LogP contribution in [0.5, 0.6) is 0 Å². The molecule has 1 aromatic carbocycles. The first-order valence-corrected chi connectivity index (χ1v) is 6.64. The summed E-state index contributed by atoms with van der Waals surface area (Å²) in [5.41, 5.74) is 0.347.